The summed E-state index contributed by atoms with van der Waals surface area (Å²) in [5.74, 6) is 1.51. The van der Waals surface area contributed by atoms with Crippen LogP contribution in [0, 0.1) is 19.7 Å². The van der Waals surface area contributed by atoms with Gasteiger partial charge in [0.25, 0.3) is 0 Å². The number of benzene rings is 1. The van der Waals surface area contributed by atoms with E-state index in [0.29, 0.717) is 5.56 Å². The van der Waals surface area contributed by atoms with Crippen molar-refractivity contribution in [1.82, 2.24) is 5.32 Å². The first kappa shape index (κ1) is 13.8. The first-order valence-corrected chi connectivity index (χ1v) is 6.68. The Labute approximate surface area is 113 Å². The lowest BCUT2D eigenvalue weighted by atomic mass is 9.98. The molecule has 19 heavy (non-hydrogen) atoms. The third-order valence-corrected chi connectivity index (χ3v) is 3.21. The number of halogens is 1. The van der Waals surface area contributed by atoms with E-state index in [2.05, 4.69) is 12.2 Å². The SMILES string of the molecule is CCCNC(c1ccccc1F)c1cc(C)oc1C. The summed E-state index contributed by atoms with van der Waals surface area (Å²) in [4.78, 5) is 0. The fraction of sp³-hybridized carbons (Fsp3) is 0.375. The summed E-state index contributed by atoms with van der Waals surface area (Å²) in [5.41, 5.74) is 1.68. The van der Waals surface area contributed by atoms with Crippen LogP contribution in [0.25, 0.3) is 0 Å². The number of hydrogen-bond donors (Lipinski definition) is 1. The van der Waals surface area contributed by atoms with Crippen molar-refractivity contribution in [2.24, 2.45) is 0 Å². The van der Waals surface area contributed by atoms with E-state index in [1.807, 2.05) is 32.0 Å². The van der Waals surface area contributed by atoms with Crippen molar-refractivity contribution in [3.05, 3.63) is 58.8 Å². The summed E-state index contributed by atoms with van der Waals surface area (Å²) < 4.78 is 19.6. The quantitative estimate of drug-likeness (QED) is 0.875. The number of hydrogen-bond acceptors (Lipinski definition) is 2. The van der Waals surface area contributed by atoms with Gasteiger partial charge >= 0.3 is 0 Å². The van der Waals surface area contributed by atoms with E-state index in [1.165, 1.54) is 6.07 Å². The van der Waals surface area contributed by atoms with Crippen molar-refractivity contribution in [1.29, 1.82) is 0 Å². The lowest BCUT2D eigenvalue weighted by Crippen LogP contribution is -2.24. The predicted molar refractivity (Wildman–Crippen MR) is 74.7 cm³/mol. The molecule has 1 N–H and O–H groups in total. The maximum Gasteiger partial charge on any atom is 0.128 e. The maximum atomic E-state index is 14.0. The molecule has 2 nitrogen and oxygen atoms in total. The standard InChI is InChI=1S/C16H20FNO/c1-4-9-18-16(13-7-5-6-8-15(13)17)14-10-11(2)19-12(14)3/h5-8,10,16,18H,4,9H2,1-3H3. The Balaban J connectivity index is 2.41. The lowest BCUT2D eigenvalue weighted by Gasteiger charge is -2.19. The molecule has 1 atom stereocenters. The highest BCUT2D eigenvalue weighted by atomic mass is 19.1. The van der Waals surface area contributed by atoms with E-state index < -0.39 is 0 Å². The molecule has 0 aliphatic heterocycles. The van der Waals surface area contributed by atoms with Gasteiger partial charge in [-0.05, 0) is 38.9 Å². The van der Waals surface area contributed by atoms with E-state index in [9.17, 15) is 4.39 Å². The van der Waals surface area contributed by atoms with Crippen molar-refractivity contribution in [3.8, 4) is 0 Å². The molecule has 2 rings (SSSR count). The summed E-state index contributed by atoms with van der Waals surface area (Å²) in [6.07, 6.45) is 1.00. The van der Waals surface area contributed by atoms with Crippen LogP contribution in [-0.4, -0.2) is 6.54 Å². The third-order valence-electron chi connectivity index (χ3n) is 3.21. The van der Waals surface area contributed by atoms with Gasteiger partial charge in [0.15, 0.2) is 0 Å². The molecular weight excluding hydrogens is 241 g/mol. The molecule has 0 saturated heterocycles. The molecule has 2 aromatic rings. The van der Waals surface area contributed by atoms with Crippen LogP contribution in [-0.2, 0) is 0 Å². The van der Waals surface area contributed by atoms with E-state index in [-0.39, 0.29) is 11.9 Å². The molecule has 0 bridgehead atoms. The van der Waals surface area contributed by atoms with E-state index in [0.717, 1.165) is 30.0 Å². The van der Waals surface area contributed by atoms with Gasteiger partial charge in [-0.3, -0.25) is 0 Å². The second-order valence-electron chi connectivity index (χ2n) is 4.78. The van der Waals surface area contributed by atoms with Crippen molar-refractivity contribution in [2.45, 2.75) is 33.2 Å². The third kappa shape index (κ3) is 3.04. The smallest absolute Gasteiger partial charge is 0.128 e. The second kappa shape index (κ2) is 6.02. The number of aryl methyl sites for hydroxylation is 2. The molecule has 1 unspecified atom stereocenters. The fourth-order valence-corrected chi connectivity index (χ4v) is 2.32. The molecule has 0 aliphatic rings. The highest BCUT2D eigenvalue weighted by molar-refractivity contribution is 5.35. The van der Waals surface area contributed by atoms with Gasteiger partial charge in [-0.2, -0.15) is 0 Å². The minimum Gasteiger partial charge on any atom is -0.466 e. The minimum atomic E-state index is -0.186. The van der Waals surface area contributed by atoms with E-state index >= 15 is 0 Å². The molecule has 0 radical (unpaired) electrons. The molecule has 0 fully saturated rings. The van der Waals surface area contributed by atoms with Crippen LogP contribution in [0.5, 0.6) is 0 Å². The van der Waals surface area contributed by atoms with Gasteiger partial charge in [0.05, 0.1) is 6.04 Å². The van der Waals surface area contributed by atoms with Crippen molar-refractivity contribution >= 4 is 0 Å². The predicted octanol–water partition coefficient (Wildman–Crippen LogP) is 4.12. The molecule has 0 spiro atoms. The van der Waals surface area contributed by atoms with Crippen LogP contribution in [0.3, 0.4) is 0 Å². The van der Waals surface area contributed by atoms with Crippen LogP contribution in [0.1, 0.15) is 42.0 Å². The minimum absolute atomic E-state index is 0.154. The summed E-state index contributed by atoms with van der Waals surface area (Å²) >= 11 is 0. The molecular formula is C16H20FNO. The summed E-state index contributed by atoms with van der Waals surface area (Å²) in [6.45, 7) is 6.76. The Hall–Kier alpha value is -1.61. The normalized spacial score (nSPS) is 12.6. The summed E-state index contributed by atoms with van der Waals surface area (Å²) in [5, 5.41) is 3.40. The molecule has 102 valence electrons. The Morgan fingerprint density at radius 1 is 1.21 bits per heavy atom. The zero-order valence-electron chi connectivity index (χ0n) is 11.7. The molecule has 1 aromatic heterocycles. The Morgan fingerprint density at radius 3 is 2.53 bits per heavy atom. The zero-order chi connectivity index (χ0) is 13.8. The van der Waals surface area contributed by atoms with Crippen LogP contribution < -0.4 is 5.32 Å². The largest absolute Gasteiger partial charge is 0.466 e. The Bertz CT molecular complexity index is 547. The van der Waals surface area contributed by atoms with E-state index in [4.69, 9.17) is 4.42 Å². The lowest BCUT2D eigenvalue weighted by molar-refractivity contribution is 0.490. The van der Waals surface area contributed by atoms with Crippen molar-refractivity contribution in [2.75, 3.05) is 6.54 Å². The average molecular weight is 261 g/mol. The van der Waals surface area contributed by atoms with Gasteiger partial charge in [0.2, 0.25) is 0 Å². The van der Waals surface area contributed by atoms with Gasteiger partial charge in [-0.25, -0.2) is 4.39 Å². The number of nitrogens with one attached hydrogen (secondary N) is 1. The summed E-state index contributed by atoms with van der Waals surface area (Å²) in [6, 6.07) is 8.72. The maximum absolute atomic E-state index is 14.0. The molecule has 0 amide bonds. The highest BCUT2D eigenvalue weighted by Gasteiger charge is 2.21. The van der Waals surface area contributed by atoms with Crippen molar-refractivity contribution in [3.63, 3.8) is 0 Å². The molecule has 0 saturated carbocycles. The molecule has 1 heterocycles. The van der Waals surface area contributed by atoms with Crippen molar-refractivity contribution < 1.29 is 8.81 Å². The van der Waals surface area contributed by atoms with E-state index in [1.54, 1.807) is 6.07 Å². The first-order chi connectivity index (χ1) is 9.13. The zero-order valence-corrected chi connectivity index (χ0v) is 11.7. The topological polar surface area (TPSA) is 25.2 Å². The van der Waals surface area contributed by atoms with Gasteiger partial charge in [-0.15, -0.1) is 0 Å². The molecule has 3 heteroatoms. The van der Waals surface area contributed by atoms with Gasteiger partial charge in [0.1, 0.15) is 17.3 Å². The van der Waals surface area contributed by atoms with Crippen LogP contribution in [0.15, 0.2) is 34.7 Å². The average Bonchev–Trinajstić information content (AvgIpc) is 2.71. The number of furan rings is 1. The Kier molecular flexibility index (Phi) is 4.38. The molecule has 1 aromatic carbocycles. The van der Waals surface area contributed by atoms with Crippen LogP contribution in [0.2, 0.25) is 0 Å². The first-order valence-electron chi connectivity index (χ1n) is 6.68. The monoisotopic (exact) mass is 261 g/mol. The summed E-state index contributed by atoms with van der Waals surface area (Å²) in [7, 11) is 0. The molecule has 0 aliphatic carbocycles. The van der Waals surface area contributed by atoms with Crippen LogP contribution in [0.4, 0.5) is 4.39 Å². The highest BCUT2D eigenvalue weighted by Crippen LogP contribution is 2.28. The van der Waals surface area contributed by atoms with Crippen LogP contribution >= 0.6 is 0 Å². The second-order valence-corrected chi connectivity index (χ2v) is 4.78. The fourth-order valence-electron chi connectivity index (χ4n) is 2.32. The Morgan fingerprint density at radius 2 is 1.95 bits per heavy atom. The number of rotatable bonds is 5. The van der Waals surface area contributed by atoms with Gasteiger partial charge in [0, 0.05) is 11.1 Å². The van der Waals surface area contributed by atoms with Gasteiger partial charge < -0.3 is 9.73 Å². The van der Waals surface area contributed by atoms with Gasteiger partial charge in [-0.1, -0.05) is 25.1 Å².